The number of rotatable bonds is 6. The number of anilines is 1. The number of fused-ring (bicyclic) bond motifs is 1. The second-order valence-electron chi connectivity index (χ2n) is 6.45. The quantitative estimate of drug-likeness (QED) is 0.515. The van der Waals surface area contributed by atoms with Crippen molar-refractivity contribution in [3.8, 4) is 11.5 Å². The number of carbonyl (C=O) groups is 2. The third kappa shape index (κ3) is 4.59. The van der Waals surface area contributed by atoms with Gasteiger partial charge in [0.15, 0.2) is 0 Å². The zero-order valence-electron chi connectivity index (χ0n) is 15.9. The fraction of sp³-hybridized carbons (Fsp3) is 0.0435. The van der Waals surface area contributed by atoms with Crippen LogP contribution in [0.5, 0.6) is 11.5 Å². The van der Waals surface area contributed by atoms with E-state index in [1.165, 1.54) is 6.20 Å². The maximum Gasteiger partial charge on any atom is 0.253 e. The zero-order chi connectivity index (χ0) is 20.8. The van der Waals surface area contributed by atoms with E-state index in [1.54, 1.807) is 55.0 Å². The van der Waals surface area contributed by atoms with E-state index in [9.17, 15) is 9.59 Å². The van der Waals surface area contributed by atoms with Gasteiger partial charge in [-0.3, -0.25) is 19.6 Å². The zero-order valence-corrected chi connectivity index (χ0v) is 15.9. The Morgan fingerprint density at radius 2 is 1.57 bits per heavy atom. The summed E-state index contributed by atoms with van der Waals surface area (Å²) in [6, 6.07) is 17.9. The van der Waals surface area contributed by atoms with Gasteiger partial charge < -0.3 is 15.4 Å². The van der Waals surface area contributed by atoms with E-state index in [2.05, 4.69) is 20.6 Å². The summed E-state index contributed by atoms with van der Waals surface area (Å²) in [6.07, 6.45) is 6.48. The van der Waals surface area contributed by atoms with Crippen LogP contribution in [0, 0.1) is 0 Å². The van der Waals surface area contributed by atoms with E-state index in [-0.39, 0.29) is 18.4 Å². The van der Waals surface area contributed by atoms with Crippen molar-refractivity contribution < 1.29 is 14.3 Å². The number of benzene rings is 2. The van der Waals surface area contributed by atoms with Crippen LogP contribution in [0.3, 0.4) is 0 Å². The van der Waals surface area contributed by atoms with Crippen molar-refractivity contribution in [2.24, 2.45) is 0 Å². The number of nitrogens with one attached hydrogen (secondary N) is 2. The molecule has 0 bridgehead atoms. The van der Waals surface area contributed by atoms with Crippen molar-refractivity contribution >= 4 is 28.3 Å². The summed E-state index contributed by atoms with van der Waals surface area (Å²) in [4.78, 5) is 32.7. The molecule has 2 amide bonds. The maximum atomic E-state index is 12.5. The first-order chi connectivity index (χ1) is 14.7. The SMILES string of the molecule is O=C(CNC(=O)c1cncc2ccccc12)Nc1ccc(Oc2ccncc2)cc1. The van der Waals surface area contributed by atoms with Crippen molar-refractivity contribution in [2.45, 2.75) is 0 Å². The standard InChI is InChI=1S/C23H18N4O3/c28-22(15-26-23(29)21-14-25-13-16-3-1-2-4-20(16)21)27-17-5-7-18(8-6-17)30-19-9-11-24-12-10-19/h1-14H,15H2,(H,26,29)(H,27,28). The molecule has 0 aliphatic heterocycles. The molecule has 0 aliphatic carbocycles. The highest BCUT2D eigenvalue weighted by molar-refractivity contribution is 6.07. The average Bonchev–Trinajstić information content (AvgIpc) is 2.79. The molecule has 4 rings (SSSR count). The van der Waals surface area contributed by atoms with E-state index in [0.717, 1.165) is 10.8 Å². The predicted octanol–water partition coefficient (Wildman–Crippen LogP) is 3.79. The van der Waals surface area contributed by atoms with Crippen LogP contribution >= 0.6 is 0 Å². The van der Waals surface area contributed by atoms with Crippen molar-refractivity contribution in [1.29, 1.82) is 0 Å². The lowest BCUT2D eigenvalue weighted by atomic mass is 10.1. The first-order valence-corrected chi connectivity index (χ1v) is 9.28. The molecule has 4 aromatic rings. The highest BCUT2D eigenvalue weighted by Gasteiger charge is 2.12. The van der Waals surface area contributed by atoms with Gasteiger partial charge >= 0.3 is 0 Å². The first-order valence-electron chi connectivity index (χ1n) is 9.28. The van der Waals surface area contributed by atoms with E-state index in [0.29, 0.717) is 22.7 Å². The third-order valence-corrected chi connectivity index (χ3v) is 4.35. The van der Waals surface area contributed by atoms with Gasteiger partial charge in [-0.15, -0.1) is 0 Å². The molecule has 0 aliphatic rings. The fourth-order valence-electron chi connectivity index (χ4n) is 2.91. The second kappa shape index (κ2) is 8.83. The molecule has 30 heavy (non-hydrogen) atoms. The molecule has 7 nitrogen and oxygen atoms in total. The molecular weight excluding hydrogens is 380 g/mol. The van der Waals surface area contributed by atoms with Crippen LogP contribution in [0.1, 0.15) is 10.4 Å². The number of hydrogen-bond acceptors (Lipinski definition) is 5. The molecule has 0 atom stereocenters. The molecule has 2 aromatic carbocycles. The molecule has 2 heterocycles. The lowest BCUT2D eigenvalue weighted by Gasteiger charge is -2.09. The number of aromatic nitrogens is 2. The molecular formula is C23H18N4O3. The molecule has 0 spiro atoms. The van der Waals surface area contributed by atoms with Gasteiger partial charge in [0.2, 0.25) is 5.91 Å². The van der Waals surface area contributed by atoms with Gasteiger partial charge in [-0.2, -0.15) is 0 Å². The van der Waals surface area contributed by atoms with E-state index in [4.69, 9.17) is 4.74 Å². The second-order valence-corrected chi connectivity index (χ2v) is 6.45. The molecule has 2 N–H and O–H groups in total. The normalized spacial score (nSPS) is 10.4. The van der Waals surface area contributed by atoms with Crippen LogP contribution in [-0.2, 0) is 4.79 Å². The van der Waals surface area contributed by atoms with Crippen molar-refractivity contribution in [3.63, 3.8) is 0 Å². The molecule has 0 fully saturated rings. The summed E-state index contributed by atoms with van der Waals surface area (Å²) in [6.45, 7) is -0.155. The highest BCUT2D eigenvalue weighted by atomic mass is 16.5. The number of hydrogen-bond donors (Lipinski definition) is 2. The minimum Gasteiger partial charge on any atom is -0.457 e. The van der Waals surface area contributed by atoms with Crippen LogP contribution in [0.15, 0.2) is 85.5 Å². The number of amides is 2. The predicted molar refractivity (Wildman–Crippen MR) is 113 cm³/mol. The molecule has 7 heteroatoms. The smallest absolute Gasteiger partial charge is 0.253 e. The Kier molecular flexibility index (Phi) is 5.61. The maximum absolute atomic E-state index is 12.5. The minimum atomic E-state index is -0.351. The third-order valence-electron chi connectivity index (χ3n) is 4.35. The van der Waals surface area contributed by atoms with Crippen molar-refractivity contribution in [3.05, 3.63) is 91.0 Å². The number of nitrogens with zero attached hydrogens (tertiary/aromatic N) is 2. The summed E-state index contributed by atoms with van der Waals surface area (Å²) in [7, 11) is 0. The minimum absolute atomic E-state index is 0.155. The van der Waals surface area contributed by atoms with Gasteiger partial charge in [0.05, 0.1) is 12.1 Å². The van der Waals surface area contributed by atoms with Crippen molar-refractivity contribution in [2.75, 3.05) is 11.9 Å². The van der Waals surface area contributed by atoms with Crippen LogP contribution in [-0.4, -0.2) is 28.3 Å². The number of ether oxygens (including phenoxy) is 1. The van der Waals surface area contributed by atoms with Crippen LogP contribution < -0.4 is 15.4 Å². The van der Waals surface area contributed by atoms with Gasteiger partial charge in [-0.1, -0.05) is 24.3 Å². The first kappa shape index (κ1) is 19.1. The summed E-state index contributed by atoms with van der Waals surface area (Å²) in [5, 5.41) is 7.03. The molecule has 0 unspecified atom stereocenters. The average molecular weight is 398 g/mol. The van der Waals surface area contributed by atoms with Crippen LogP contribution in [0.25, 0.3) is 10.8 Å². The molecule has 2 aromatic heterocycles. The molecule has 0 saturated carbocycles. The fourth-order valence-corrected chi connectivity index (χ4v) is 2.91. The van der Waals surface area contributed by atoms with Gasteiger partial charge in [0.25, 0.3) is 5.91 Å². The molecule has 148 valence electrons. The Bertz CT molecular complexity index is 1170. The largest absolute Gasteiger partial charge is 0.457 e. The summed E-state index contributed by atoms with van der Waals surface area (Å²) < 4.78 is 5.69. The Labute approximate surface area is 172 Å². The van der Waals surface area contributed by atoms with Crippen LogP contribution in [0.4, 0.5) is 5.69 Å². The summed E-state index contributed by atoms with van der Waals surface area (Å²) in [5.41, 5.74) is 1.03. The van der Waals surface area contributed by atoms with Gasteiger partial charge in [-0.25, -0.2) is 0 Å². The van der Waals surface area contributed by atoms with E-state index >= 15 is 0 Å². The topological polar surface area (TPSA) is 93.2 Å². The van der Waals surface area contributed by atoms with Gasteiger partial charge in [-0.05, 0) is 41.8 Å². The Hall–Kier alpha value is -4.26. The lowest BCUT2D eigenvalue weighted by Crippen LogP contribution is -2.33. The van der Waals surface area contributed by atoms with Crippen molar-refractivity contribution in [1.82, 2.24) is 15.3 Å². The monoisotopic (exact) mass is 398 g/mol. The van der Waals surface area contributed by atoms with Gasteiger partial charge in [0.1, 0.15) is 11.5 Å². The highest BCUT2D eigenvalue weighted by Crippen LogP contribution is 2.22. The molecule has 0 saturated heterocycles. The summed E-state index contributed by atoms with van der Waals surface area (Å²) in [5.74, 6) is 0.623. The van der Waals surface area contributed by atoms with E-state index in [1.807, 2.05) is 24.3 Å². The Morgan fingerprint density at radius 3 is 2.37 bits per heavy atom. The lowest BCUT2D eigenvalue weighted by molar-refractivity contribution is -0.115. The molecule has 0 radical (unpaired) electrons. The Balaban J connectivity index is 1.33. The summed E-state index contributed by atoms with van der Waals surface area (Å²) >= 11 is 0. The van der Waals surface area contributed by atoms with E-state index < -0.39 is 0 Å². The Morgan fingerprint density at radius 1 is 0.833 bits per heavy atom. The van der Waals surface area contributed by atoms with Gasteiger partial charge in [0, 0.05) is 35.9 Å². The number of pyridine rings is 2. The number of carbonyl (C=O) groups excluding carboxylic acids is 2. The van der Waals surface area contributed by atoms with Crippen LogP contribution in [0.2, 0.25) is 0 Å².